The molecule has 0 bridgehead atoms. The molecule has 1 N–H and O–H groups in total. The minimum Gasteiger partial charge on any atom is -0.310 e. The Bertz CT molecular complexity index is 469. The molecule has 0 spiro atoms. The van der Waals surface area contributed by atoms with E-state index in [0.29, 0.717) is 0 Å². The quantitative estimate of drug-likeness (QED) is 0.819. The molecule has 1 aromatic carbocycles. The zero-order valence-corrected chi connectivity index (χ0v) is 8.61. The summed E-state index contributed by atoms with van der Waals surface area (Å²) in [5.74, 6) is 0. The third-order valence-electron chi connectivity index (χ3n) is 2.93. The van der Waals surface area contributed by atoms with Gasteiger partial charge < -0.3 is 5.32 Å². The van der Waals surface area contributed by atoms with Crippen molar-refractivity contribution in [1.82, 2.24) is 10.3 Å². The maximum atomic E-state index is 4.14. The van der Waals surface area contributed by atoms with Gasteiger partial charge in [-0.05, 0) is 29.9 Å². The van der Waals surface area contributed by atoms with Crippen molar-refractivity contribution in [3.8, 4) is 0 Å². The van der Waals surface area contributed by atoms with Gasteiger partial charge in [0.25, 0.3) is 0 Å². The summed E-state index contributed by atoms with van der Waals surface area (Å²) in [6.45, 7) is 0.978. The van der Waals surface area contributed by atoms with Crippen molar-refractivity contribution in [2.24, 2.45) is 0 Å². The van der Waals surface area contributed by atoms with Crippen molar-refractivity contribution in [3.63, 3.8) is 0 Å². The summed E-state index contributed by atoms with van der Waals surface area (Å²) in [6.07, 6.45) is 6.47. The van der Waals surface area contributed by atoms with Gasteiger partial charge >= 0.3 is 0 Å². The van der Waals surface area contributed by atoms with Crippen LogP contribution in [0.5, 0.6) is 0 Å². The lowest BCUT2D eigenvalue weighted by Crippen LogP contribution is -2.15. The number of fused-ring (bicyclic) bond motifs is 1. The minimum atomic E-state index is 0.766. The molecule has 0 atom stereocenters. The van der Waals surface area contributed by atoms with Crippen LogP contribution in [0.1, 0.15) is 18.4 Å². The molecule has 1 heterocycles. The first-order valence-corrected chi connectivity index (χ1v) is 5.48. The first-order chi connectivity index (χ1) is 7.43. The van der Waals surface area contributed by atoms with Crippen LogP contribution in [0, 0.1) is 0 Å². The van der Waals surface area contributed by atoms with Crippen molar-refractivity contribution < 1.29 is 0 Å². The summed E-state index contributed by atoms with van der Waals surface area (Å²) in [6, 6.07) is 9.27. The lowest BCUT2D eigenvalue weighted by atomic mass is 10.1. The Hall–Kier alpha value is -1.41. The molecule has 15 heavy (non-hydrogen) atoms. The molecule has 2 nitrogen and oxygen atoms in total. The van der Waals surface area contributed by atoms with Gasteiger partial charge in [0.05, 0.1) is 0 Å². The average molecular weight is 198 g/mol. The van der Waals surface area contributed by atoms with E-state index >= 15 is 0 Å². The SMILES string of the molecule is c1cc(CNC2CC2)c2ccncc2c1. The van der Waals surface area contributed by atoms with Crippen LogP contribution < -0.4 is 5.32 Å². The fraction of sp³-hybridized carbons (Fsp3) is 0.308. The third-order valence-corrected chi connectivity index (χ3v) is 2.93. The van der Waals surface area contributed by atoms with Gasteiger partial charge in [0.2, 0.25) is 0 Å². The maximum Gasteiger partial charge on any atom is 0.0346 e. The first kappa shape index (κ1) is 8.86. The summed E-state index contributed by atoms with van der Waals surface area (Å²) in [4.78, 5) is 4.14. The predicted octanol–water partition coefficient (Wildman–Crippen LogP) is 2.49. The van der Waals surface area contributed by atoms with E-state index in [1.54, 1.807) is 0 Å². The normalized spacial score (nSPS) is 15.7. The largest absolute Gasteiger partial charge is 0.310 e. The monoisotopic (exact) mass is 198 g/mol. The molecule has 2 heteroatoms. The van der Waals surface area contributed by atoms with E-state index in [9.17, 15) is 0 Å². The van der Waals surface area contributed by atoms with Gasteiger partial charge in [0.15, 0.2) is 0 Å². The van der Waals surface area contributed by atoms with E-state index in [2.05, 4.69) is 34.6 Å². The Morgan fingerprint density at radius 2 is 2.20 bits per heavy atom. The molecule has 1 fully saturated rings. The molecular weight excluding hydrogens is 184 g/mol. The molecule has 3 rings (SSSR count). The molecule has 0 amide bonds. The molecule has 0 unspecified atom stereocenters. The number of nitrogens with zero attached hydrogens (tertiary/aromatic N) is 1. The molecule has 1 aliphatic carbocycles. The van der Waals surface area contributed by atoms with Gasteiger partial charge in [-0.15, -0.1) is 0 Å². The van der Waals surface area contributed by atoms with Gasteiger partial charge in [-0.25, -0.2) is 0 Å². The number of rotatable bonds is 3. The lowest BCUT2D eigenvalue weighted by molar-refractivity contribution is 0.691. The number of nitrogens with one attached hydrogen (secondary N) is 1. The first-order valence-electron chi connectivity index (χ1n) is 5.48. The standard InChI is InChI=1S/C13H14N2/c1-2-10-8-14-7-6-13(10)11(3-1)9-15-12-4-5-12/h1-3,6-8,12,15H,4-5,9H2. The van der Waals surface area contributed by atoms with Gasteiger partial charge in [0, 0.05) is 30.4 Å². The van der Waals surface area contributed by atoms with E-state index in [1.165, 1.54) is 29.2 Å². The van der Waals surface area contributed by atoms with E-state index in [-0.39, 0.29) is 0 Å². The van der Waals surface area contributed by atoms with Crippen molar-refractivity contribution in [1.29, 1.82) is 0 Å². The van der Waals surface area contributed by atoms with Crippen molar-refractivity contribution in [3.05, 3.63) is 42.2 Å². The van der Waals surface area contributed by atoms with Crippen LogP contribution in [-0.2, 0) is 6.54 Å². The molecule has 0 saturated heterocycles. The van der Waals surface area contributed by atoms with E-state index in [0.717, 1.165) is 12.6 Å². The summed E-state index contributed by atoms with van der Waals surface area (Å²) in [5.41, 5.74) is 1.38. The van der Waals surface area contributed by atoms with Crippen LogP contribution in [0.2, 0.25) is 0 Å². The van der Waals surface area contributed by atoms with Crippen molar-refractivity contribution in [2.75, 3.05) is 0 Å². The zero-order chi connectivity index (χ0) is 10.1. The number of pyridine rings is 1. The van der Waals surface area contributed by atoms with Gasteiger partial charge in [-0.2, -0.15) is 0 Å². The number of aromatic nitrogens is 1. The minimum absolute atomic E-state index is 0.766. The summed E-state index contributed by atoms with van der Waals surface area (Å²) < 4.78 is 0. The molecule has 2 aromatic rings. The van der Waals surface area contributed by atoms with Crippen LogP contribution in [0.4, 0.5) is 0 Å². The average Bonchev–Trinajstić information content (AvgIpc) is 3.10. The van der Waals surface area contributed by atoms with Crippen molar-refractivity contribution >= 4 is 10.8 Å². The topological polar surface area (TPSA) is 24.9 Å². The highest BCUT2D eigenvalue weighted by molar-refractivity contribution is 5.84. The molecule has 76 valence electrons. The van der Waals surface area contributed by atoms with Gasteiger partial charge in [0.1, 0.15) is 0 Å². The third kappa shape index (κ3) is 1.85. The Morgan fingerprint density at radius 1 is 1.27 bits per heavy atom. The summed E-state index contributed by atoms with van der Waals surface area (Å²) in [7, 11) is 0. The maximum absolute atomic E-state index is 4.14. The Labute approximate surface area is 89.3 Å². The predicted molar refractivity (Wildman–Crippen MR) is 61.6 cm³/mol. The highest BCUT2D eigenvalue weighted by Crippen LogP contribution is 2.21. The zero-order valence-electron chi connectivity index (χ0n) is 8.61. The molecule has 0 aliphatic heterocycles. The Kier molecular flexibility index (Phi) is 2.14. The lowest BCUT2D eigenvalue weighted by Gasteiger charge is -2.06. The highest BCUT2D eigenvalue weighted by atomic mass is 14.9. The van der Waals surface area contributed by atoms with E-state index in [4.69, 9.17) is 0 Å². The molecule has 1 saturated carbocycles. The second kappa shape index (κ2) is 3.63. The van der Waals surface area contributed by atoms with Crippen molar-refractivity contribution in [2.45, 2.75) is 25.4 Å². The van der Waals surface area contributed by atoms with E-state index < -0.39 is 0 Å². The number of hydrogen-bond donors (Lipinski definition) is 1. The fourth-order valence-corrected chi connectivity index (χ4v) is 1.89. The molecular formula is C13H14N2. The molecule has 1 aromatic heterocycles. The highest BCUT2D eigenvalue weighted by Gasteiger charge is 2.20. The van der Waals surface area contributed by atoms with E-state index in [1.807, 2.05) is 12.4 Å². The molecule has 0 radical (unpaired) electrons. The van der Waals surface area contributed by atoms with Crippen LogP contribution >= 0.6 is 0 Å². The summed E-state index contributed by atoms with van der Waals surface area (Å²) >= 11 is 0. The van der Waals surface area contributed by atoms with Crippen LogP contribution in [0.3, 0.4) is 0 Å². The van der Waals surface area contributed by atoms with Crippen LogP contribution in [0.15, 0.2) is 36.7 Å². The van der Waals surface area contributed by atoms with Crippen LogP contribution in [0.25, 0.3) is 10.8 Å². The second-order valence-electron chi connectivity index (χ2n) is 4.17. The van der Waals surface area contributed by atoms with Crippen LogP contribution in [-0.4, -0.2) is 11.0 Å². The Morgan fingerprint density at radius 3 is 3.07 bits per heavy atom. The smallest absolute Gasteiger partial charge is 0.0346 e. The van der Waals surface area contributed by atoms with Gasteiger partial charge in [-0.3, -0.25) is 4.98 Å². The number of benzene rings is 1. The second-order valence-corrected chi connectivity index (χ2v) is 4.17. The number of hydrogen-bond acceptors (Lipinski definition) is 2. The van der Waals surface area contributed by atoms with Gasteiger partial charge in [-0.1, -0.05) is 18.2 Å². The molecule has 1 aliphatic rings. The Balaban J connectivity index is 1.93. The fourth-order valence-electron chi connectivity index (χ4n) is 1.89. The summed E-state index contributed by atoms with van der Waals surface area (Å²) in [5, 5.41) is 6.09.